The average molecular weight is 289 g/mol. The van der Waals surface area contributed by atoms with Crippen molar-refractivity contribution < 1.29 is 4.74 Å². The smallest absolute Gasteiger partial charge is 0.193 e. The van der Waals surface area contributed by atoms with Gasteiger partial charge in [0.1, 0.15) is 5.75 Å². The number of hydrogen-bond acceptors (Lipinski definition) is 2. The Balaban J connectivity index is 2.35. The number of ether oxygens (including phenoxy) is 1. The van der Waals surface area contributed by atoms with E-state index in [1.165, 1.54) is 5.56 Å². The molecule has 1 aromatic carbocycles. The van der Waals surface area contributed by atoms with Crippen molar-refractivity contribution in [1.82, 2.24) is 10.2 Å². The predicted molar refractivity (Wildman–Crippen MR) is 90.1 cm³/mol. The van der Waals surface area contributed by atoms with Gasteiger partial charge in [0.2, 0.25) is 0 Å². The minimum atomic E-state index is 0.866. The number of guanidine groups is 1. The van der Waals surface area contributed by atoms with Crippen LogP contribution in [0.25, 0.3) is 0 Å². The summed E-state index contributed by atoms with van der Waals surface area (Å²) in [6.07, 6.45) is 5.05. The molecule has 0 saturated heterocycles. The highest BCUT2D eigenvalue weighted by Crippen LogP contribution is 2.11. The van der Waals surface area contributed by atoms with Gasteiger partial charge in [0, 0.05) is 27.2 Å². The first kappa shape index (κ1) is 17.1. The lowest BCUT2D eigenvalue weighted by Gasteiger charge is -2.21. The van der Waals surface area contributed by atoms with Gasteiger partial charge in [-0.05, 0) is 37.0 Å². The molecule has 0 spiro atoms. The highest BCUT2D eigenvalue weighted by Gasteiger charge is 2.04. The summed E-state index contributed by atoms with van der Waals surface area (Å²) in [6.45, 7) is 5.59. The number of nitrogens with one attached hydrogen (secondary N) is 1. The maximum absolute atomic E-state index is 5.16. The Morgan fingerprint density at radius 1 is 1.38 bits per heavy atom. The van der Waals surface area contributed by atoms with Crippen LogP contribution in [0.3, 0.4) is 0 Å². The van der Waals surface area contributed by atoms with Gasteiger partial charge in [-0.15, -0.1) is 6.58 Å². The number of nitrogens with zero attached hydrogens (tertiary/aromatic N) is 2. The van der Waals surface area contributed by atoms with Crippen LogP contribution in [0, 0.1) is 0 Å². The Kier molecular flexibility index (Phi) is 8.02. The van der Waals surface area contributed by atoms with Crippen molar-refractivity contribution >= 4 is 5.96 Å². The minimum absolute atomic E-state index is 0.866. The van der Waals surface area contributed by atoms with E-state index in [2.05, 4.69) is 41.0 Å². The molecule has 0 heterocycles. The zero-order valence-corrected chi connectivity index (χ0v) is 13.4. The molecule has 1 N–H and O–H groups in total. The van der Waals surface area contributed by atoms with Crippen LogP contribution in [0.1, 0.15) is 18.4 Å². The molecule has 0 amide bonds. The lowest BCUT2D eigenvalue weighted by molar-refractivity contribution is 0.414. The van der Waals surface area contributed by atoms with Crippen molar-refractivity contribution in [3.05, 3.63) is 42.5 Å². The van der Waals surface area contributed by atoms with Crippen LogP contribution >= 0.6 is 0 Å². The van der Waals surface area contributed by atoms with E-state index in [9.17, 15) is 0 Å². The molecular formula is C17H27N3O. The molecule has 0 atom stereocenters. The standard InChI is InChI=1S/C17H27N3O/c1-5-6-7-14-20(3)17(18-2)19-13-12-15-8-10-16(21-4)11-9-15/h5,8-11H,1,6-7,12-14H2,2-4H3,(H,18,19). The second-order valence-corrected chi connectivity index (χ2v) is 4.92. The zero-order valence-electron chi connectivity index (χ0n) is 13.4. The first-order chi connectivity index (χ1) is 10.2. The van der Waals surface area contributed by atoms with Crippen LogP contribution in [0.2, 0.25) is 0 Å². The molecule has 0 aromatic heterocycles. The van der Waals surface area contributed by atoms with E-state index in [-0.39, 0.29) is 0 Å². The number of rotatable bonds is 8. The fourth-order valence-corrected chi connectivity index (χ4v) is 2.07. The second-order valence-electron chi connectivity index (χ2n) is 4.92. The first-order valence-electron chi connectivity index (χ1n) is 7.37. The number of unbranched alkanes of at least 4 members (excludes halogenated alkanes) is 1. The van der Waals surface area contributed by atoms with Gasteiger partial charge < -0.3 is 15.0 Å². The van der Waals surface area contributed by atoms with E-state index in [0.717, 1.165) is 44.1 Å². The molecule has 0 aliphatic carbocycles. The Morgan fingerprint density at radius 3 is 2.67 bits per heavy atom. The highest BCUT2D eigenvalue weighted by atomic mass is 16.5. The summed E-state index contributed by atoms with van der Waals surface area (Å²) in [5, 5.41) is 3.39. The van der Waals surface area contributed by atoms with E-state index in [1.54, 1.807) is 7.11 Å². The van der Waals surface area contributed by atoms with Gasteiger partial charge in [-0.2, -0.15) is 0 Å². The molecule has 4 nitrogen and oxygen atoms in total. The third kappa shape index (κ3) is 6.34. The largest absolute Gasteiger partial charge is 0.497 e. The van der Waals surface area contributed by atoms with Crippen molar-refractivity contribution in [2.24, 2.45) is 4.99 Å². The molecule has 0 fully saturated rings. The Bertz CT molecular complexity index is 440. The molecule has 0 bridgehead atoms. The first-order valence-corrected chi connectivity index (χ1v) is 7.37. The number of allylic oxidation sites excluding steroid dienone is 1. The van der Waals surface area contributed by atoms with Crippen LogP contribution in [0.5, 0.6) is 5.75 Å². The summed E-state index contributed by atoms with van der Waals surface area (Å²) in [6, 6.07) is 8.17. The Hall–Kier alpha value is -1.97. The van der Waals surface area contributed by atoms with Gasteiger partial charge in [-0.3, -0.25) is 4.99 Å². The maximum Gasteiger partial charge on any atom is 0.193 e. The second kappa shape index (κ2) is 9.86. The molecule has 1 rings (SSSR count). The van der Waals surface area contributed by atoms with Crippen molar-refractivity contribution in [2.45, 2.75) is 19.3 Å². The van der Waals surface area contributed by atoms with Gasteiger partial charge in [0.25, 0.3) is 0 Å². The van der Waals surface area contributed by atoms with Crippen LogP contribution in [0.15, 0.2) is 41.9 Å². The van der Waals surface area contributed by atoms with Gasteiger partial charge in [0.05, 0.1) is 7.11 Å². The van der Waals surface area contributed by atoms with E-state index in [0.29, 0.717) is 0 Å². The lowest BCUT2D eigenvalue weighted by atomic mass is 10.1. The fourth-order valence-electron chi connectivity index (χ4n) is 2.07. The minimum Gasteiger partial charge on any atom is -0.497 e. The monoisotopic (exact) mass is 289 g/mol. The van der Waals surface area contributed by atoms with Gasteiger partial charge in [-0.1, -0.05) is 18.2 Å². The SMILES string of the molecule is C=CCCCN(C)C(=NC)NCCc1ccc(OC)cc1. The Morgan fingerprint density at radius 2 is 2.10 bits per heavy atom. The molecule has 0 radical (unpaired) electrons. The fraction of sp³-hybridized carbons (Fsp3) is 0.471. The molecule has 0 unspecified atom stereocenters. The van der Waals surface area contributed by atoms with Gasteiger partial charge >= 0.3 is 0 Å². The summed E-state index contributed by atoms with van der Waals surface area (Å²) in [5.41, 5.74) is 1.29. The molecule has 4 heteroatoms. The summed E-state index contributed by atoms with van der Waals surface area (Å²) in [5.74, 6) is 1.83. The van der Waals surface area contributed by atoms with Crippen LogP contribution in [-0.4, -0.2) is 45.2 Å². The summed E-state index contributed by atoms with van der Waals surface area (Å²) in [4.78, 5) is 6.46. The van der Waals surface area contributed by atoms with Crippen molar-refractivity contribution in [1.29, 1.82) is 0 Å². The van der Waals surface area contributed by atoms with Crippen molar-refractivity contribution in [3.8, 4) is 5.75 Å². The third-order valence-corrected chi connectivity index (χ3v) is 3.33. The molecule has 0 aliphatic rings. The van der Waals surface area contributed by atoms with Crippen molar-refractivity contribution in [2.75, 3.05) is 34.3 Å². The normalized spacial score (nSPS) is 11.1. The number of benzene rings is 1. The topological polar surface area (TPSA) is 36.9 Å². The summed E-state index contributed by atoms with van der Waals surface area (Å²) in [7, 11) is 5.56. The number of methoxy groups -OCH3 is 1. The maximum atomic E-state index is 5.16. The molecule has 0 saturated carbocycles. The highest BCUT2D eigenvalue weighted by molar-refractivity contribution is 5.79. The average Bonchev–Trinajstić information content (AvgIpc) is 2.52. The van der Waals surface area contributed by atoms with E-state index < -0.39 is 0 Å². The molecular weight excluding hydrogens is 262 g/mol. The molecule has 116 valence electrons. The number of hydrogen-bond donors (Lipinski definition) is 1. The van der Waals surface area contributed by atoms with E-state index in [4.69, 9.17) is 4.74 Å². The Labute approximate surface area is 128 Å². The van der Waals surface area contributed by atoms with Crippen molar-refractivity contribution in [3.63, 3.8) is 0 Å². The quantitative estimate of drug-likeness (QED) is 0.346. The summed E-state index contributed by atoms with van der Waals surface area (Å²) >= 11 is 0. The predicted octanol–water partition coefficient (Wildman–Crippen LogP) is 2.71. The van der Waals surface area contributed by atoms with Crippen LogP contribution in [0.4, 0.5) is 0 Å². The van der Waals surface area contributed by atoms with E-state index in [1.807, 2.05) is 25.3 Å². The lowest BCUT2D eigenvalue weighted by Crippen LogP contribution is -2.40. The van der Waals surface area contributed by atoms with Gasteiger partial charge in [0.15, 0.2) is 5.96 Å². The van der Waals surface area contributed by atoms with E-state index >= 15 is 0 Å². The zero-order chi connectivity index (χ0) is 15.5. The summed E-state index contributed by atoms with van der Waals surface area (Å²) < 4.78 is 5.16. The van der Waals surface area contributed by atoms with Gasteiger partial charge in [-0.25, -0.2) is 0 Å². The number of aliphatic imine (C=N–C) groups is 1. The molecule has 0 aliphatic heterocycles. The van der Waals surface area contributed by atoms with Crippen LogP contribution in [-0.2, 0) is 6.42 Å². The molecule has 21 heavy (non-hydrogen) atoms. The van der Waals surface area contributed by atoms with Crippen LogP contribution < -0.4 is 10.1 Å². The third-order valence-electron chi connectivity index (χ3n) is 3.33. The molecule has 1 aromatic rings.